The van der Waals surface area contributed by atoms with E-state index in [1.807, 2.05) is 18.2 Å². The van der Waals surface area contributed by atoms with E-state index < -0.39 is 18.3 Å². The smallest absolute Gasteiger partial charge is 0.137 e. The Bertz CT molecular complexity index is 529. The third kappa shape index (κ3) is 8.19. The summed E-state index contributed by atoms with van der Waals surface area (Å²) in [5.41, 5.74) is -0.267. The topological polar surface area (TPSA) is 57.2 Å². The van der Waals surface area contributed by atoms with Gasteiger partial charge in [0.05, 0.1) is 6.61 Å². The lowest BCUT2D eigenvalue weighted by Gasteiger charge is -2.43. The number of ether oxygens (including phenoxy) is 4. The number of thioether (sulfide) groups is 1. The monoisotopic (exact) mass is 426 g/mol. The van der Waals surface area contributed by atoms with E-state index in [9.17, 15) is 5.11 Å². The maximum absolute atomic E-state index is 10.9. The highest BCUT2D eigenvalue weighted by Crippen LogP contribution is 2.36. The Morgan fingerprint density at radius 2 is 1.66 bits per heavy atom. The number of hydrogen-bond acceptors (Lipinski definition) is 6. The molecule has 1 saturated heterocycles. The Morgan fingerprint density at radius 3 is 2.31 bits per heavy atom. The summed E-state index contributed by atoms with van der Waals surface area (Å²) in [6.45, 7) is 6.02. The van der Waals surface area contributed by atoms with Crippen LogP contribution in [0.4, 0.5) is 0 Å². The normalized spacial score (nSPS) is 27.2. The second-order valence-corrected chi connectivity index (χ2v) is 8.66. The van der Waals surface area contributed by atoms with Crippen LogP contribution in [0.1, 0.15) is 52.4 Å². The molecule has 6 heteroatoms. The quantitative estimate of drug-likeness (QED) is 0.437. The number of hydrogen-bond donors (Lipinski definition) is 1. The van der Waals surface area contributed by atoms with E-state index in [2.05, 4.69) is 26.0 Å². The first-order chi connectivity index (χ1) is 14.2. The lowest BCUT2D eigenvalue weighted by Crippen LogP contribution is -2.59. The molecule has 2 rings (SSSR count). The molecule has 1 fully saturated rings. The second kappa shape index (κ2) is 14.4. The van der Waals surface area contributed by atoms with Crippen molar-refractivity contribution in [1.29, 1.82) is 0 Å². The molecule has 1 aliphatic rings. The Morgan fingerprint density at radius 1 is 0.966 bits per heavy atom. The highest BCUT2D eigenvalue weighted by molar-refractivity contribution is 7.99. The van der Waals surface area contributed by atoms with Crippen molar-refractivity contribution in [3.8, 4) is 0 Å². The molecule has 5 atom stereocenters. The summed E-state index contributed by atoms with van der Waals surface area (Å²) in [4.78, 5) is 1.11. The maximum atomic E-state index is 10.9. The number of rotatable bonds is 14. The average molecular weight is 427 g/mol. The fourth-order valence-corrected chi connectivity index (χ4v) is 4.58. The van der Waals surface area contributed by atoms with E-state index in [4.69, 9.17) is 18.9 Å². The van der Waals surface area contributed by atoms with Crippen LogP contribution in [0.15, 0.2) is 35.2 Å². The highest BCUT2D eigenvalue weighted by Gasteiger charge is 2.46. The van der Waals surface area contributed by atoms with Crippen LogP contribution in [-0.4, -0.2) is 61.9 Å². The molecule has 0 saturated carbocycles. The van der Waals surface area contributed by atoms with Gasteiger partial charge in [0.15, 0.2) is 0 Å². The summed E-state index contributed by atoms with van der Waals surface area (Å²) in [6.07, 6.45) is 4.58. The van der Waals surface area contributed by atoms with E-state index >= 15 is 0 Å². The van der Waals surface area contributed by atoms with E-state index in [1.165, 1.54) is 0 Å². The lowest BCUT2D eigenvalue weighted by molar-refractivity contribution is -0.229. The SMILES string of the molecule is CCCCCOC[C@H]1O[C@@H](Sc2ccccc2)[C@H](OCCCCC)[C@@H](OC)[C@@H]1O. The molecule has 0 amide bonds. The molecule has 1 aromatic carbocycles. The van der Waals surface area contributed by atoms with E-state index in [0.717, 1.165) is 43.4 Å². The van der Waals surface area contributed by atoms with Gasteiger partial charge < -0.3 is 24.1 Å². The van der Waals surface area contributed by atoms with Gasteiger partial charge in [-0.05, 0) is 25.0 Å². The average Bonchev–Trinajstić information content (AvgIpc) is 2.74. The van der Waals surface area contributed by atoms with Crippen molar-refractivity contribution in [2.75, 3.05) is 26.9 Å². The van der Waals surface area contributed by atoms with E-state index in [-0.39, 0.29) is 11.5 Å². The summed E-state index contributed by atoms with van der Waals surface area (Å²) in [5.74, 6) is 0. The summed E-state index contributed by atoms with van der Waals surface area (Å²) in [6, 6.07) is 10.1. The first-order valence-corrected chi connectivity index (χ1v) is 11.9. The first kappa shape index (κ1) is 24.6. The van der Waals surface area contributed by atoms with Gasteiger partial charge in [-0.15, -0.1) is 0 Å². The molecular formula is C23H38O5S. The van der Waals surface area contributed by atoms with Crippen molar-refractivity contribution in [2.45, 2.75) is 87.1 Å². The molecule has 0 unspecified atom stereocenters. The number of aliphatic hydroxyl groups is 1. The molecule has 0 aliphatic carbocycles. The zero-order valence-corrected chi connectivity index (χ0v) is 18.9. The number of benzene rings is 1. The first-order valence-electron chi connectivity index (χ1n) is 11.0. The van der Waals surface area contributed by atoms with Crippen molar-refractivity contribution in [2.24, 2.45) is 0 Å². The van der Waals surface area contributed by atoms with Gasteiger partial charge in [0, 0.05) is 25.2 Å². The minimum Gasteiger partial charge on any atom is -0.387 e. The summed E-state index contributed by atoms with van der Waals surface area (Å²) < 4.78 is 24.0. The van der Waals surface area contributed by atoms with Crippen molar-refractivity contribution >= 4 is 11.8 Å². The van der Waals surface area contributed by atoms with Crippen LogP contribution in [0.25, 0.3) is 0 Å². The Hall–Kier alpha value is -0.630. The van der Waals surface area contributed by atoms with E-state index in [1.54, 1.807) is 18.9 Å². The Kier molecular flexibility index (Phi) is 12.2. The molecule has 0 spiro atoms. The molecule has 1 aliphatic heterocycles. The molecule has 1 heterocycles. The zero-order valence-electron chi connectivity index (χ0n) is 18.1. The van der Waals surface area contributed by atoms with Gasteiger partial charge >= 0.3 is 0 Å². The summed E-state index contributed by atoms with van der Waals surface area (Å²) in [5, 5.41) is 10.9. The summed E-state index contributed by atoms with van der Waals surface area (Å²) in [7, 11) is 1.63. The molecule has 166 valence electrons. The maximum Gasteiger partial charge on any atom is 0.137 e. The molecule has 5 nitrogen and oxygen atoms in total. The van der Waals surface area contributed by atoms with Crippen LogP contribution in [0.2, 0.25) is 0 Å². The van der Waals surface area contributed by atoms with E-state index in [0.29, 0.717) is 19.8 Å². The molecule has 1 N–H and O–H groups in total. The standard InChI is InChI=1S/C23H38O5S/c1-4-6-11-15-26-17-19-20(24)21(25-3)22(27-16-12-7-5-2)23(28-19)29-18-13-9-8-10-14-18/h8-10,13-14,19-24H,4-7,11-12,15-17H2,1-3H3/t19-,20-,21+,22-,23+/m1/s1. The van der Waals surface area contributed by atoms with Crippen LogP contribution >= 0.6 is 11.8 Å². The van der Waals surface area contributed by atoms with Gasteiger partial charge in [-0.2, -0.15) is 0 Å². The number of unbranched alkanes of at least 4 members (excludes halogenated alkanes) is 4. The van der Waals surface area contributed by atoms with Crippen LogP contribution in [0.5, 0.6) is 0 Å². The fourth-order valence-electron chi connectivity index (χ4n) is 3.43. The zero-order chi connectivity index (χ0) is 20.9. The van der Waals surface area contributed by atoms with Crippen LogP contribution in [-0.2, 0) is 18.9 Å². The molecular weight excluding hydrogens is 388 g/mol. The molecule has 1 aromatic rings. The Balaban J connectivity index is 2.04. The molecule has 0 radical (unpaired) electrons. The fraction of sp³-hybridized carbons (Fsp3) is 0.739. The predicted octanol–water partition coefficient (Wildman–Crippen LogP) is 4.66. The van der Waals surface area contributed by atoms with Crippen molar-refractivity contribution in [3.63, 3.8) is 0 Å². The molecule has 29 heavy (non-hydrogen) atoms. The largest absolute Gasteiger partial charge is 0.387 e. The Labute approximate surface area is 180 Å². The van der Waals surface area contributed by atoms with Crippen molar-refractivity contribution in [3.05, 3.63) is 30.3 Å². The van der Waals surface area contributed by atoms with Crippen LogP contribution in [0.3, 0.4) is 0 Å². The van der Waals surface area contributed by atoms with Crippen molar-refractivity contribution in [1.82, 2.24) is 0 Å². The highest BCUT2D eigenvalue weighted by atomic mass is 32.2. The van der Waals surface area contributed by atoms with Gasteiger partial charge in [0.1, 0.15) is 29.9 Å². The number of aliphatic hydroxyl groups excluding tert-OH is 1. The minimum absolute atomic E-state index is 0.267. The predicted molar refractivity (Wildman–Crippen MR) is 117 cm³/mol. The van der Waals surface area contributed by atoms with Gasteiger partial charge in [0.2, 0.25) is 0 Å². The summed E-state index contributed by atoms with van der Waals surface area (Å²) >= 11 is 1.61. The van der Waals surface area contributed by atoms with Gasteiger partial charge in [-0.3, -0.25) is 0 Å². The van der Waals surface area contributed by atoms with Gasteiger partial charge in [-0.25, -0.2) is 0 Å². The minimum atomic E-state index is -0.782. The molecule has 0 bridgehead atoms. The second-order valence-electron chi connectivity index (χ2n) is 7.49. The van der Waals surface area contributed by atoms with Gasteiger partial charge in [-0.1, -0.05) is 69.5 Å². The van der Waals surface area contributed by atoms with Crippen LogP contribution < -0.4 is 0 Å². The third-order valence-electron chi connectivity index (χ3n) is 5.12. The van der Waals surface area contributed by atoms with Gasteiger partial charge in [0.25, 0.3) is 0 Å². The lowest BCUT2D eigenvalue weighted by atomic mass is 10.00. The third-order valence-corrected chi connectivity index (χ3v) is 6.27. The number of methoxy groups -OCH3 is 1. The van der Waals surface area contributed by atoms with Crippen LogP contribution in [0, 0.1) is 0 Å². The molecule has 0 aromatic heterocycles. The van der Waals surface area contributed by atoms with Crippen molar-refractivity contribution < 1.29 is 24.1 Å².